The van der Waals surface area contributed by atoms with Crippen LogP contribution in [0.15, 0.2) is 53.7 Å². The van der Waals surface area contributed by atoms with Crippen molar-refractivity contribution in [3.8, 4) is 5.75 Å². The molecule has 0 radical (unpaired) electrons. The SMILES string of the molecule is C/C=C(\C=N/C)c1ccnc(Nc2ccc(OC(F)(F)F)cc2)c1/C(=C\CCC)C(CC)CC. The number of hydrogen-bond acceptors (Lipinski definition) is 4. The van der Waals surface area contributed by atoms with Crippen LogP contribution < -0.4 is 10.1 Å². The van der Waals surface area contributed by atoms with E-state index >= 15 is 0 Å². The van der Waals surface area contributed by atoms with Crippen LogP contribution in [-0.4, -0.2) is 24.6 Å². The number of benzene rings is 1. The monoisotopic (exact) mass is 473 g/mol. The average molecular weight is 474 g/mol. The highest BCUT2D eigenvalue weighted by atomic mass is 19.4. The van der Waals surface area contributed by atoms with E-state index in [1.807, 2.05) is 25.3 Å². The molecule has 0 atom stereocenters. The predicted molar refractivity (Wildman–Crippen MR) is 136 cm³/mol. The van der Waals surface area contributed by atoms with E-state index in [4.69, 9.17) is 0 Å². The fraction of sp³-hybridized carbons (Fsp3) is 0.407. The standard InChI is InChI=1S/C27H34F3N3O/c1-6-10-11-23(19(7-2)8-3)25-24(20(9-4)18-31-5)16-17-32-26(25)33-21-12-14-22(15-13-21)34-27(28,29)30/h9,11-19H,6-8,10H2,1-5H3,(H,32,33)/b20-9+,23-11-,31-18-. The number of alkyl halides is 3. The Morgan fingerprint density at radius 1 is 1.12 bits per heavy atom. The van der Waals surface area contributed by atoms with E-state index in [2.05, 4.69) is 46.9 Å². The van der Waals surface area contributed by atoms with Crippen molar-refractivity contribution in [1.82, 2.24) is 4.98 Å². The lowest BCUT2D eigenvalue weighted by Gasteiger charge is -2.24. The van der Waals surface area contributed by atoms with Gasteiger partial charge in [-0.2, -0.15) is 0 Å². The van der Waals surface area contributed by atoms with Crippen molar-refractivity contribution in [2.45, 2.75) is 59.7 Å². The summed E-state index contributed by atoms with van der Waals surface area (Å²) in [5.74, 6) is 0.727. The Morgan fingerprint density at radius 2 is 1.79 bits per heavy atom. The van der Waals surface area contributed by atoms with Crippen LogP contribution in [0.25, 0.3) is 11.1 Å². The van der Waals surface area contributed by atoms with Gasteiger partial charge in [-0.15, -0.1) is 13.2 Å². The number of aromatic nitrogens is 1. The topological polar surface area (TPSA) is 46.5 Å². The number of unbranched alkanes of at least 4 members (excludes halogenated alkanes) is 1. The summed E-state index contributed by atoms with van der Waals surface area (Å²) in [5, 5.41) is 3.32. The summed E-state index contributed by atoms with van der Waals surface area (Å²) >= 11 is 0. The molecule has 0 spiro atoms. The lowest BCUT2D eigenvalue weighted by molar-refractivity contribution is -0.274. The Bertz CT molecular complexity index is 1000. The van der Waals surface area contributed by atoms with Gasteiger partial charge in [-0.3, -0.25) is 4.99 Å². The van der Waals surface area contributed by atoms with Gasteiger partial charge in [0.15, 0.2) is 0 Å². The first kappa shape index (κ1) is 27.2. The largest absolute Gasteiger partial charge is 0.573 e. The van der Waals surface area contributed by atoms with E-state index in [9.17, 15) is 13.2 Å². The van der Waals surface area contributed by atoms with E-state index < -0.39 is 6.36 Å². The second-order valence-electron chi connectivity index (χ2n) is 7.87. The highest BCUT2D eigenvalue weighted by Crippen LogP contribution is 2.39. The second kappa shape index (κ2) is 13.0. The van der Waals surface area contributed by atoms with Crippen molar-refractivity contribution in [1.29, 1.82) is 0 Å². The minimum absolute atomic E-state index is 0.268. The maximum absolute atomic E-state index is 12.5. The van der Waals surface area contributed by atoms with Gasteiger partial charge in [-0.05, 0) is 79.1 Å². The van der Waals surface area contributed by atoms with Gasteiger partial charge in [0.1, 0.15) is 11.6 Å². The third-order valence-electron chi connectivity index (χ3n) is 5.56. The maximum Gasteiger partial charge on any atom is 0.573 e. The molecule has 0 aliphatic rings. The molecule has 184 valence electrons. The highest BCUT2D eigenvalue weighted by Gasteiger charge is 2.31. The summed E-state index contributed by atoms with van der Waals surface area (Å²) in [5.41, 5.74) is 4.82. The number of halogens is 3. The van der Waals surface area contributed by atoms with Crippen molar-refractivity contribution >= 4 is 28.9 Å². The van der Waals surface area contributed by atoms with E-state index in [0.717, 1.165) is 42.4 Å². The molecule has 0 bridgehead atoms. The average Bonchev–Trinajstić information content (AvgIpc) is 2.81. The van der Waals surface area contributed by atoms with Crippen LogP contribution in [0.2, 0.25) is 0 Å². The Hall–Kier alpha value is -3.09. The molecule has 7 heteroatoms. The maximum atomic E-state index is 12.5. The molecule has 0 saturated heterocycles. The van der Waals surface area contributed by atoms with Crippen molar-refractivity contribution in [3.05, 3.63) is 59.8 Å². The second-order valence-corrected chi connectivity index (χ2v) is 7.87. The van der Waals surface area contributed by atoms with E-state index in [-0.39, 0.29) is 5.75 Å². The van der Waals surface area contributed by atoms with Crippen molar-refractivity contribution in [2.24, 2.45) is 10.9 Å². The number of anilines is 2. The van der Waals surface area contributed by atoms with Crippen LogP contribution in [0.4, 0.5) is 24.7 Å². The van der Waals surface area contributed by atoms with Gasteiger partial charge in [-0.1, -0.05) is 39.3 Å². The van der Waals surface area contributed by atoms with Gasteiger partial charge < -0.3 is 10.1 Å². The number of nitrogens with zero attached hydrogens (tertiary/aromatic N) is 2. The number of allylic oxidation sites excluding steroid dienone is 4. The van der Waals surface area contributed by atoms with Gasteiger partial charge in [-0.25, -0.2) is 4.98 Å². The fourth-order valence-corrected chi connectivity index (χ4v) is 3.91. The minimum Gasteiger partial charge on any atom is -0.406 e. The molecule has 0 amide bonds. The molecule has 1 aromatic carbocycles. The van der Waals surface area contributed by atoms with Gasteiger partial charge in [0.05, 0.1) is 0 Å². The third-order valence-corrected chi connectivity index (χ3v) is 5.56. The van der Waals surface area contributed by atoms with Crippen LogP contribution in [-0.2, 0) is 0 Å². The molecule has 0 fully saturated rings. The molecule has 0 saturated carbocycles. The number of ether oxygens (including phenoxy) is 1. The zero-order valence-corrected chi connectivity index (χ0v) is 20.5. The van der Waals surface area contributed by atoms with Crippen LogP contribution in [0.5, 0.6) is 5.75 Å². The van der Waals surface area contributed by atoms with E-state index in [0.29, 0.717) is 17.4 Å². The van der Waals surface area contributed by atoms with Gasteiger partial charge in [0.25, 0.3) is 0 Å². The summed E-state index contributed by atoms with van der Waals surface area (Å²) in [6.45, 7) is 8.48. The van der Waals surface area contributed by atoms with E-state index in [1.165, 1.54) is 17.7 Å². The number of hydrogen-bond donors (Lipinski definition) is 1. The van der Waals surface area contributed by atoms with Crippen molar-refractivity contribution in [2.75, 3.05) is 12.4 Å². The molecule has 0 aliphatic heterocycles. The van der Waals surface area contributed by atoms with Crippen LogP contribution >= 0.6 is 0 Å². The van der Waals surface area contributed by atoms with Crippen molar-refractivity contribution < 1.29 is 17.9 Å². The number of rotatable bonds is 11. The number of nitrogens with one attached hydrogen (secondary N) is 1. The van der Waals surface area contributed by atoms with Gasteiger partial charge >= 0.3 is 6.36 Å². The Kier molecular flexibility index (Phi) is 10.4. The molecule has 1 N–H and O–H groups in total. The first-order valence-corrected chi connectivity index (χ1v) is 11.7. The fourth-order valence-electron chi connectivity index (χ4n) is 3.91. The Labute approximate surface area is 200 Å². The first-order valence-electron chi connectivity index (χ1n) is 11.7. The first-order chi connectivity index (χ1) is 16.3. The molecule has 2 aromatic rings. The smallest absolute Gasteiger partial charge is 0.406 e. The predicted octanol–water partition coefficient (Wildman–Crippen LogP) is 8.45. The molecular weight excluding hydrogens is 439 g/mol. The molecule has 34 heavy (non-hydrogen) atoms. The number of pyridine rings is 1. The summed E-state index contributed by atoms with van der Waals surface area (Å²) < 4.78 is 41.6. The van der Waals surface area contributed by atoms with Crippen molar-refractivity contribution in [3.63, 3.8) is 0 Å². The molecule has 2 rings (SSSR count). The third kappa shape index (κ3) is 7.47. The van der Waals surface area contributed by atoms with Gasteiger partial charge in [0, 0.05) is 30.7 Å². The molecule has 1 heterocycles. The number of aliphatic imine (C=N–C) groups is 1. The van der Waals surface area contributed by atoms with Crippen LogP contribution in [0, 0.1) is 5.92 Å². The van der Waals surface area contributed by atoms with Crippen LogP contribution in [0.1, 0.15) is 64.5 Å². The molecule has 0 unspecified atom stereocenters. The molecule has 0 aliphatic carbocycles. The Balaban J connectivity index is 2.63. The Morgan fingerprint density at radius 3 is 2.32 bits per heavy atom. The summed E-state index contributed by atoms with van der Waals surface area (Å²) in [4.78, 5) is 8.86. The summed E-state index contributed by atoms with van der Waals surface area (Å²) in [6, 6.07) is 7.66. The highest BCUT2D eigenvalue weighted by molar-refractivity contribution is 6.12. The van der Waals surface area contributed by atoms with Gasteiger partial charge in [0.2, 0.25) is 0 Å². The molecule has 1 aromatic heterocycles. The zero-order chi connectivity index (χ0) is 25.1. The minimum atomic E-state index is -4.73. The zero-order valence-electron chi connectivity index (χ0n) is 20.5. The lowest BCUT2D eigenvalue weighted by atomic mass is 9.84. The summed E-state index contributed by atoms with van der Waals surface area (Å²) in [6.07, 6.45) is 7.08. The normalized spacial score (nSPS) is 13.1. The summed E-state index contributed by atoms with van der Waals surface area (Å²) in [7, 11) is 1.74. The molecule has 4 nitrogen and oxygen atoms in total. The van der Waals surface area contributed by atoms with E-state index in [1.54, 1.807) is 25.4 Å². The molecular formula is C27H34F3N3O. The quantitative estimate of drug-likeness (QED) is 0.333. The van der Waals surface area contributed by atoms with Crippen LogP contribution in [0.3, 0.4) is 0 Å². The lowest BCUT2D eigenvalue weighted by Crippen LogP contribution is -2.17.